The minimum absolute atomic E-state index is 0.261. The molecule has 0 saturated heterocycles. The fraction of sp³-hybridized carbons (Fsp3) is 0. The average Bonchev–Trinajstić information content (AvgIpc) is 1.78. The lowest BCUT2D eigenvalue weighted by Gasteiger charge is -2.00. The molecule has 1 aromatic rings. The summed E-state index contributed by atoms with van der Waals surface area (Å²) in [4.78, 5) is -1.10. The van der Waals surface area contributed by atoms with Gasteiger partial charge in [0.25, 0.3) is 9.05 Å². The zero-order valence-electron chi connectivity index (χ0n) is 5.89. The van der Waals surface area contributed by atoms with Crippen molar-refractivity contribution in [3.8, 4) is 0 Å². The largest absolute Gasteiger partial charge is 0.267 e. The van der Waals surface area contributed by atoms with Crippen molar-refractivity contribution in [2.45, 2.75) is 4.90 Å². The van der Waals surface area contributed by atoms with E-state index in [0.717, 1.165) is 12.1 Å². The topological polar surface area (TPSA) is 34.1 Å². The molecule has 0 spiro atoms. The predicted octanol–water partition coefficient (Wildman–Crippen LogP) is 2.50. The van der Waals surface area contributed by atoms with Gasteiger partial charge in [0.2, 0.25) is 0 Å². The molecular weight excluding hydrogens is 336 g/mol. The van der Waals surface area contributed by atoms with E-state index < -0.39 is 25.6 Å². The molecule has 0 aromatic heterocycles. The van der Waals surface area contributed by atoms with Gasteiger partial charge in [-0.3, -0.25) is 0 Å². The Morgan fingerprint density at radius 3 is 1.92 bits per heavy atom. The van der Waals surface area contributed by atoms with Crippen LogP contribution in [0.25, 0.3) is 0 Å². The van der Waals surface area contributed by atoms with Crippen LogP contribution in [0, 0.1) is 15.2 Å². The van der Waals surface area contributed by atoms with Crippen molar-refractivity contribution in [1.29, 1.82) is 0 Å². The van der Waals surface area contributed by atoms with Crippen LogP contribution < -0.4 is 0 Å². The van der Waals surface area contributed by atoms with Crippen LogP contribution in [0.1, 0.15) is 0 Å². The molecule has 0 aliphatic heterocycles. The van der Waals surface area contributed by atoms with Crippen LogP contribution in [0.5, 0.6) is 0 Å². The Bertz CT molecular complexity index is 423. The molecule has 2 nitrogen and oxygen atoms in total. The molecule has 0 radical (unpaired) electrons. The molecule has 7 heteroatoms. The Balaban J connectivity index is 3.57. The van der Waals surface area contributed by atoms with Crippen LogP contribution in [0.3, 0.4) is 0 Å². The van der Waals surface area contributed by atoms with E-state index in [1.54, 1.807) is 22.6 Å². The summed E-state index contributed by atoms with van der Waals surface area (Å²) >= 11 is 1.66. The summed E-state index contributed by atoms with van der Waals surface area (Å²) in [7, 11) is 0.449. The SMILES string of the molecule is O=S(=O)(Cl)c1c(F)cc(I)cc1F. The van der Waals surface area contributed by atoms with E-state index in [9.17, 15) is 17.2 Å². The van der Waals surface area contributed by atoms with Crippen molar-refractivity contribution in [1.82, 2.24) is 0 Å². The summed E-state index contributed by atoms with van der Waals surface area (Å²) in [5.41, 5.74) is 0. The van der Waals surface area contributed by atoms with Crippen LogP contribution in [0.4, 0.5) is 8.78 Å². The van der Waals surface area contributed by atoms with Crippen LogP contribution in [0.2, 0.25) is 0 Å². The van der Waals surface area contributed by atoms with E-state index >= 15 is 0 Å². The van der Waals surface area contributed by atoms with Gasteiger partial charge in [-0.05, 0) is 34.7 Å². The highest BCUT2D eigenvalue weighted by molar-refractivity contribution is 14.1. The van der Waals surface area contributed by atoms with E-state index in [2.05, 4.69) is 0 Å². The van der Waals surface area contributed by atoms with Crippen molar-refractivity contribution in [3.63, 3.8) is 0 Å². The molecule has 72 valence electrons. The zero-order chi connectivity index (χ0) is 10.2. The third-order valence-corrected chi connectivity index (χ3v) is 3.17. The Morgan fingerprint density at radius 2 is 1.62 bits per heavy atom. The van der Waals surface area contributed by atoms with Crippen LogP contribution >= 0.6 is 33.3 Å². The molecular formula is C6H2ClF2IO2S. The first-order chi connectivity index (χ1) is 5.82. The lowest BCUT2D eigenvalue weighted by molar-refractivity contribution is 0.523. The van der Waals surface area contributed by atoms with Gasteiger partial charge in [-0.1, -0.05) is 0 Å². The number of halogens is 4. The fourth-order valence-corrected chi connectivity index (χ4v) is 2.33. The second-order valence-electron chi connectivity index (χ2n) is 2.14. The molecule has 0 unspecified atom stereocenters. The molecule has 1 aromatic carbocycles. The normalized spacial score (nSPS) is 11.7. The summed E-state index contributed by atoms with van der Waals surface area (Å²) in [5, 5.41) is 0. The Hall–Kier alpha value is 0.0500. The van der Waals surface area contributed by atoms with Crippen LogP contribution in [-0.2, 0) is 9.05 Å². The van der Waals surface area contributed by atoms with Gasteiger partial charge in [-0.25, -0.2) is 17.2 Å². The highest BCUT2D eigenvalue weighted by atomic mass is 127. The van der Waals surface area contributed by atoms with E-state index in [-0.39, 0.29) is 3.57 Å². The van der Waals surface area contributed by atoms with Gasteiger partial charge in [0.1, 0.15) is 11.6 Å². The maximum Gasteiger partial charge on any atom is 0.267 e. The summed E-state index contributed by atoms with van der Waals surface area (Å²) in [6, 6.07) is 1.78. The summed E-state index contributed by atoms with van der Waals surface area (Å²) in [5.74, 6) is -2.36. The Labute approximate surface area is 91.5 Å². The molecule has 1 rings (SSSR count). The van der Waals surface area contributed by atoms with Gasteiger partial charge in [-0.15, -0.1) is 0 Å². The number of rotatable bonds is 1. The van der Waals surface area contributed by atoms with Crippen molar-refractivity contribution in [2.24, 2.45) is 0 Å². The lowest BCUT2D eigenvalue weighted by atomic mass is 10.3. The number of hydrogen-bond acceptors (Lipinski definition) is 2. The quantitative estimate of drug-likeness (QED) is 0.582. The molecule has 0 saturated carbocycles. The molecule has 0 aliphatic rings. The predicted molar refractivity (Wildman–Crippen MR) is 52.1 cm³/mol. The van der Waals surface area contributed by atoms with Gasteiger partial charge in [0.05, 0.1) is 0 Å². The van der Waals surface area contributed by atoms with Gasteiger partial charge >= 0.3 is 0 Å². The lowest BCUT2D eigenvalue weighted by Crippen LogP contribution is -2.00. The maximum absolute atomic E-state index is 12.9. The first kappa shape index (κ1) is 11.1. The van der Waals surface area contributed by atoms with Crippen molar-refractivity contribution < 1.29 is 17.2 Å². The average molecular weight is 338 g/mol. The van der Waals surface area contributed by atoms with Crippen molar-refractivity contribution in [2.75, 3.05) is 0 Å². The maximum atomic E-state index is 12.9. The molecule has 0 aliphatic carbocycles. The van der Waals surface area contributed by atoms with Crippen LogP contribution in [0.15, 0.2) is 17.0 Å². The van der Waals surface area contributed by atoms with Gasteiger partial charge in [-0.2, -0.15) is 0 Å². The number of benzene rings is 1. The monoisotopic (exact) mass is 338 g/mol. The molecule has 0 atom stereocenters. The summed E-state index contributed by atoms with van der Waals surface area (Å²) in [6.07, 6.45) is 0. The molecule has 13 heavy (non-hydrogen) atoms. The fourth-order valence-electron chi connectivity index (χ4n) is 0.762. The van der Waals surface area contributed by atoms with Gasteiger partial charge < -0.3 is 0 Å². The van der Waals surface area contributed by atoms with Gasteiger partial charge in [0.15, 0.2) is 4.90 Å². The van der Waals surface area contributed by atoms with Crippen LogP contribution in [-0.4, -0.2) is 8.42 Å². The minimum atomic E-state index is -4.36. The standard InChI is InChI=1S/C6H2ClF2IO2S/c7-13(11,12)6-4(8)1-3(10)2-5(6)9/h1-2H. The molecule has 0 heterocycles. The second kappa shape index (κ2) is 3.66. The number of hydrogen-bond donors (Lipinski definition) is 0. The first-order valence-corrected chi connectivity index (χ1v) is 6.30. The van der Waals surface area contributed by atoms with E-state index in [1.807, 2.05) is 0 Å². The first-order valence-electron chi connectivity index (χ1n) is 2.91. The molecule has 0 amide bonds. The molecule has 0 fully saturated rings. The van der Waals surface area contributed by atoms with E-state index in [4.69, 9.17) is 10.7 Å². The highest BCUT2D eigenvalue weighted by Crippen LogP contribution is 2.24. The minimum Gasteiger partial charge on any atom is -0.207 e. The Morgan fingerprint density at radius 1 is 1.23 bits per heavy atom. The van der Waals surface area contributed by atoms with E-state index in [0.29, 0.717) is 0 Å². The molecule has 0 bridgehead atoms. The second-order valence-corrected chi connectivity index (χ2v) is 5.88. The third kappa shape index (κ3) is 2.50. The smallest absolute Gasteiger partial charge is 0.207 e. The third-order valence-electron chi connectivity index (χ3n) is 1.21. The van der Waals surface area contributed by atoms with E-state index in [1.165, 1.54) is 0 Å². The summed E-state index contributed by atoms with van der Waals surface area (Å²) < 4.78 is 47.4. The van der Waals surface area contributed by atoms with Gasteiger partial charge in [0, 0.05) is 14.3 Å². The molecule has 0 N–H and O–H groups in total. The van der Waals surface area contributed by atoms with Crippen molar-refractivity contribution in [3.05, 3.63) is 27.3 Å². The highest BCUT2D eigenvalue weighted by Gasteiger charge is 2.22. The zero-order valence-corrected chi connectivity index (χ0v) is 9.62. The summed E-state index contributed by atoms with van der Waals surface area (Å²) in [6.45, 7) is 0. The Kier molecular flexibility index (Phi) is 3.13. The van der Waals surface area contributed by atoms with Crippen molar-refractivity contribution >= 4 is 42.3 Å².